The second-order valence-electron chi connectivity index (χ2n) is 7.08. The first-order valence-electron chi connectivity index (χ1n) is 6.52. The van der Waals surface area contributed by atoms with Crippen LogP contribution in [0.15, 0.2) is 12.5 Å². The minimum Gasteiger partial charge on any atom is -0.334 e. The highest BCUT2D eigenvalue weighted by Gasteiger charge is 2.22. The number of hydrogen-bond acceptors (Lipinski definition) is 3. The van der Waals surface area contributed by atoms with Crippen LogP contribution in [0.1, 0.15) is 33.4 Å². The Morgan fingerprint density at radius 3 is 2.39 bits per heavy atom. The van der Waals surface area contributed by atoms with Crippen molar-refractivity contribution in [1.29, 1.82) is 0 Å². The average Bonchev–Trinajstić information content (AvgIpc) is 2.45. The predicted molar refractivity (Wildman–Crippen MR) is 76.5 cm³/mol. The van der Waals surface area contributed by atoms with E-state index in [-0.39, 0.29) is 11.0 Å². The van der Waals surface area contributed by atoms with Crippen LogP contribution in [0.2, 0.25) is 0 Å². The van der Waals surface area contributed by atoms with E-state index in [9.17, 15) is 0 Å². The molecule has 4 nitrogen and oxygen atoms in total. The molecule has 1 heterocycles. The molecule has 0 amide bonds. The van der Waals surface area contributed by atoms with Crippen LogP contribution < -0.4 is 5.73 Å². The third-order valence-electron chi connectivity index (χ3n) is 2.78. The summed E-state index contributed by atoms with van der Waals surface area (Å²) in [5.41, 5.74) is 7.34. The van der Waals surface area contributed by atoms with Gasteiger partial charge in [0.1, 0.15) is 0 Å². The summed E-state index contributed by atoms with van der Waals surface area (Å²) in [6, 6.07) is 0. The molecular weight excluding hydrogens is 224 g/mol. The van der Waals surface area contributed by atoms with Gasteiger partial charge in [0, 0.05) is 36.9 Å². The van der Waals surface area contributed by atoms with E-state index in [1.807, 2.05) is 12.5 Å². The summed E-state index contributed by atoms with van der Waals surface area (Å²) in [6.07, 6.45) is 4.70. The lowest BCUT2D eigenvalue weighted by molar-refractivity contribution is 0.209. The summed E-state index contributed by atoms with van der Waals surface area (Å²) in [6.45, 7) is 10.7. The summed E-state index contributed by atoms with van der Waals surface area (Å²) in [5.74, 6) is 0. The van der Waals surface area contributed by atoms with Gasteiger partial charge in [-0.3, -0.25) is 0 Å². The first kappa shape index (κ1) is 15.2. The second kappa shape index (κ2) is 5.41. The van der Waals surface area contributed by atoms with Crippen LogP contribution in [0.5, 0.6) is 0 Å². The molecule has 4 heteroatoms. The van der Waals surface area contributed by atoms with Gasteiger partial charge in [-0.25, -0.2) is 4.98 Å². The Hall–Kier alpha value is -0.870. The lowest BCUT2D eigenvalue weighted by Gasteiger charge is -2.30. The van der Waals surface area contributed by atoms with Crippen molar-refractivity contribution in [3.05, 3.63) is 18.2 Å². The van der Waals surface area contributed by atoms with Gasteiger partial charge in [0.25, 0.3) is 0 Å². The molecule has 1 rings (SSSR count). The van der Waals surface area contributed by atoms with Gasteiger partial charge in [-0.05, 0) is 33.4 Å². The molecule has 0 aliphatic heterocycles. The minimum atomic E-state index is -0.191. The average molecular weight is 252 g/mol. The van der Waals surface area contributed by atoms with E-state index in [2.05, 4.69) is 56.2 Å². The van der Waals surface area contributed by atoms with Gasteiger partial charge in [-0.1, -0.05) is 13.8 Å². The lowest BCUT2D eigenvalue weighted by Crippen LogP contribution is -2.36. The molecule has 0 saturated heterocycles. The highest BCUT2D eigenvalue weighted by Crippen LogP contribution is 2.21. The van der Waals surface area contributed by atoms with Gasteiger partial charge in [0.15, 0.2) is 0 Å². The van der Waals surface area contributed by atoms with Gasteiger partial charge in [-0.15, -0.1) is 0 Å². The number of imidazole rings is 1. The Morgan fingerprint density at radius 1 is 1.28 bits per heavy atom. The molecular formula is C14H28N4. The molecule has 0 aliphatic carbocycles. The summed E-state index contributed by atoms with van der Waals surface area (Å²) < 4.78 is 2.23. The molecule has 0 aromatic carbocycles. The third kappa shape index (κ3) is 5.19. The Kier molecular flexibility index (Phi) is 4.56. The summed E-state index contributed by atoms with van der Waals surface area (Å²) in [7, 11) is 4.22. The zero-order valence-corrected chi connectivity index (χ0v) is 12.7. The quantitative estimate of drug-likeness (QED) is 0.839. The number of rotatable bonds is 6. The second-order valence-corrected chi connectivity index (χ2v) is 7.08. The van der Waals surface area contributed by atoms with Crippen LogP contribution in [0, 0.1) is 5.41 Å². The molecule has 18 heavy (non-hydrogen) atoms. The number of nitrogens with zero attached hydrogens (tertiary/aromatic N) is 3. The van der Waals surface area contributed by atoms with E-state index in [4.69, 9.17) is 5.73 Å². The Bertz CT molecular complexity index is 371. The van der Waals surface area contributed by atoms with Crippen LogP contribution in [-0.4, -0.2) is 40.6 Å². The maximum Gasteiger partial charge on any atom is 0.0948 e. The molecule has 104 valence electrons. The van der Waals surface area contributed by atoms with Crippen molar-refractivity contribution in [2.24, 2.45) is 11.1 Å². The van der Waals surface area contributed by atoms with Crippen molar-refractivity contribution in [3.8, 4) is 0 Å². The fraction of sp³-hybridized carbons (Fsp3) is 0.786. The van der Waals surface area contributed by atoms with E-state index in [1.165, 1.54) is 5.69 Å². The highest BCUT2D eigenvalue weighted by atomic mass is 15.1. The van der Waals surface area contributed by atoms with Crippen molar-refractivity contribution in [2.75, 3.05) is 20.6 Å². The molecule has 0 unspecified atom stereocenters. The summed E-state index contributed by atoms with van der Waals surface area (Å²) >= 11 is 0. The molecule has 0 spiro atoms. The zero-order valence-electron chi connectivity index (χ0n) is 12.7. The molecule has 1 aromatic rings. The van der Waals surface area contributed by atoms with Crippen molar-refractivity contribution in [2.45, 2.75) is 46.2 Å². The maximum absolute atomic E-state index is 6.09. The van der Waals surface area contributed by atoms with Gasteiger partial charge in [-0.2, -0.15) is 0 Å². The molecule has 0 radical (unpaired) electrons. The number of aromatic nitrogens is 2. The molecule has 0 aliphatic rings. The molecule has 0 atom stereocenters. The van der Waals surface area contributed by atoms with Crippen molar-refractivity contribution < 1.29 is 0 Å². The van der Waals surface area contributed by atoms with Crippen LogP contribution in [0.25, 0.3) is 0 Å². The van der Waals surface area contributed by atoms with E-state index in [1.54, 1.807) is 0 Å². The maximum atomic E-state index is 6.09. The van der Waals surface area contributed by atoms with E-state index in [0.29, 0.717) is 0 Å². The fourth-order valence-corrected chi connectivity index (χ4v) is 2.47. The number of hydrogen-bond donors (Lipinski definition) is 1. The van der Waals surface area contributed by atoms with Crippen molar-refractivity contribution in [3.63, 3.8) is 0 Å². The van der Waals surface area contributed by atoms with Crippen LogP contribution >= 0.6 is 0 Å². The largest absolute Gasteiger partial charge is 0.334 e. The Labute approximate surface area is 111 Å². The standard InChI is InChI=1S/C14H28N4/c1-13(2,9-17(5)6)10-18-11-16-8-12(18)7-14(3,4)15/h8,11H,7,9-10,15H2,1-6H3. The molecule has 0 saturated carbocycles. The Balaban J connectivity index is 2.76. The third-order valence-corrected chi connectivity index (χ3v) is 2.78. The fourth-order valence-electron chi connectivity index (χ4n) is 2.47. The van der Waals surface area contributed by atoms with E-state index in [0.717, 1.165) is 19.5 Å². The monoisotopic (exact) mass is 252 g/mol. The SMILES string of the molecule is CN(C)CC(C)(C)Cn1cncc1CC(C)(C)N. The summed E-state index contributed by atoms with van der Waals surface area (Å²) in [5, 5.41) is 0. The molecule has 0 bridgehead atoms. The van der Waals surface area contributed by atoms with Crippen LogP contribution in [-0.2, 0) is 13.0 Å². The predicted octanol–water partition coefficient (Wildman–Crippen LogP) is 1.75. The van der Waals surface area contributed by atoms with Crippen molar-refractivity contribution in [1.82, 2.24) is 14.5 Å². The van der Waals surface area contributed by atoms with Gasteiger partial charge in [0.2, 0.25) is 0 Å². The smallest absolute Gasteiger partial charge is 0.0948 e. The van der Waals surface area contributed by atoms with Gasteiger partial charge < -0.3 is 15.2 Å². The van der Waals surface area contributed by atoms with Gasteiger partial charge >= 0.3 is 0 Å². The first-order valence-corrected chi connectivity index (χ1v) is 6.52. The molecule has 0 fully saturated rings. The summed E-state index contributed by atoms with van der Waals surface area (Å²) in [4.78, 5) is 6.49. The van der Waals surface area contributed by atoms with Gasteiger partial charge in [0.05, 0.1) is 6.33 Å². The molecule has 2 N–H and O–H groups in total. The number of nitrogens with two attached hydrogens (primary N) is 1. The van der Waals surface area contributed by atoms with Crippen molar-refractivity contribution >= 4 is 0 Å². The topological polar surface area (TPSA) is 47.1 Å². The lowest BCUT2D eigenvalue weighted by atomic mass is 9.92. The minimum absolute atomic E-state index is 0.191. The zero-order chi connectivity index (χ0) is 14.0. The first-order chi connectivity index (χ1) is 8.09. The van der Waals surface area contributed by atoms with Crippen LogP contribution in [0.3, 0.4) is 0 Å². The highest BCUT2D eigenvalue weighted by molar-refractivity contribution is 5.04. The normalized spacial score (nSPS) is 13.3. The molecule has 1 aromatic heterocycles. The van der Waals surface area contributed by atoms with E-state index >= 15 is 0 Å². The van der Waals surface area contributed by atoms with E-state index < -0.39 is 0 Å². The van der Waals surface area contributed by atoms with Crippen LogP contribution in [0.4, 0.5) is 0 Å². The Morgan fingerprint density at radius 2 is 1.89 bits per heavy atom.